The molecule has 0 fully saturated rings. The van der Waals surface area contributed by atoms with Crippen LogP contribution in [0.3, 0.4) is 0 Å². The fourth-order valence-electron chi connectivity index (χ4n) is 2.53. The van der Waals surface area contributed by atoms with Crippen molar-refractivity contribution in [3.05, 3.63) is 58.6 Å². The molecule has 0 aliphatic carbocycles. The van der Waals surface area contributed by atoms with Gasteiger partial charge in [0.1, 0.15) is 9.75 Å². The van der Waals surface area contributed by atoms with E-state index in [0.29, 0.717) is 17.1 Å². The van der Waals surface area contributed by atoms with E-state index < -0.39 is 22.5 Å². The smallest absolute Gasteiger partial charge is 0.416 e. The number of hydrogen-bond donors (Lipinski definition) is 1. The number of aryl methyl sites for hydroxylation is 1. The van der Waals surface area contributed by atoms with E-state index in [-0.39, 0.29) is 0 Å². The van der Waals surface area contributed by atoms with E-state index in [1.807, 2.05) is 25.1 Å². The number of carboxylic acids is 1. The molecule has 0 radical (unpaired) electrons. The molecule has 0 saturated heterocycles. The highest BCUT2D eigenvalue weighted by molar-refractivity contribution is 8.01. The molecule has 10 heteroatoms. The molecule has 0 bridgehead atoms. The van der Waals surface area contributed by atoms with Crippen LogP contribution < -0.4 is 0 Å². The minimum absolute atomic E-state index is 0.410. The number of carbonyl (C=O) groups is 1. The number of nitrogens with zero attached hydrogens (tertiary/aromatic N) is 2. The van der Waals surface area contributed by atoms with Gasteiger partial charge in [-0.2, -0.15) is 17.5 Å². The first-order valence-electron chi connectivity index (χ1n) is 9.12. The van der Waals surface area contributed by atoms with Gasteiger partial charge in [-0.1, -0.05) is 12.1 Å². The first kappa shape index (κ1) is 23.6. The Bertz CT molecular complexity index is 1080. The minimum atomic E-state index is -4.37. The minimum Gasteiger partial charge on any atom is -0.480 e. The van der Waals surface area contributed by atoms with Crippen LogP contribution >= 0.6 is 35.1 Å². The maximum absolute atomic E-state index is 12.7. The van der Waals surface area contributed by atoms with E-state index in [2.05, 4.69) is 9.36 Å². The Morgan fingerprint density at radius 2 is 1.81 bits per heavy atom. The molecule has 1 aromatic heterocycles. The van der Waals surface area contributed by atoms with E-state index in [9.17, 15) is 23.1 Å². The highest BCUT2D eigenvalue weighted by Gasteiger charge is 2.30. The Labute approximate surface area is 190 Å². The Morgan fingerprint density at radius 1 is 1.13 bits per heavy atom. The monoisotopic (exact) mass is 484 g/mol. The molecule has 0 aliphatic heterocycles. The number of benzene rings is 2. The number of alkyl halides is 3. The summed E-state index contributed by atoms with van der Waals surface area (Å²) in [6, 6.07) is 10.7. The van der Waals surface area contributed by atoms with E-state index >= 15 is 0 Å². The molecule has 0 saturated carbocycles. The molecule has 0 atom stereocenters. The number of thioether (sulfide) groups is 2. The molecule has 2 aromatic carbocycles. The zero-order valence-corrected chi connectivity index (χ0v) is 19.3. The molecule has 0 aliphatic rings. The van der Waals surface area contributed by atoms with Gasteiger partial charge in [0, 0.05) is 15.4 Å². The quantitative estimate of drug-likeness (QED) is 0.373. The van der Waals surface area contributed by atoms with Crippen LogP contribution in [0.4, 0.5) is 13.2 Å². The summed E-state index contributed by atoms with van der Waals surface area (Å²) in [5.74, 6) is 0.119. The normalized spacial score (nSPS) is 12.2. The highest BCUT2D eigenvalue weighted by Crippen LogP contribution is 2.37. The Morgan fingerprint density at radius 3 is 2.39 bits per heavy atom. The van der Waals surface area contributed by atoms with Gasteiger partial charge in [-0.15, -0.1) is 23.5 Å². The van der Waals surface area contributed by atoms with Gasteiger partial charge >= 0.3 is 12.1 Å². The standard InChI is InChI=1S/C21H19F3N2O2S3/c1-12-10-15(8-9-16(12)30-20(2,3)19(27)28)29-11-17-25-18(26-31-17)13-4-6-14(7-5-13)21(22,23)24/h4-10H,11H2,1-3H3,(H,27,28). The van der Waals surface area contributed by atoms with Gasteiger partial charge < -0.3 is 5.11 Å². The van der Waals surface area contributed by atoms with Crippen molar-refractivity contribution in [3.8, 4) is 11.4 Å². The highest BCUT2D eigenvalue weighted by atomic mass is 32.2. The zero-order valence-electron chi connectivity index (χ0n) is 16.9. The fraction of sp³-hybridized carbons (Fsp3) is 0.286. The van der Waals surface area contributed by atoms with Crippen molar-refractivity contribution in [2.45, 2.75) is 47.2 Å². The van der Waals surface area contributed by atoms with E-state index in [1.165, 1.54) is 35.4 Å². The van der Waals surface area contributed by atoms with Crippen molar-refractivity contribution in [3.63, 3.8) is 0 Å². The lowest BCUT2D eigenvalue weighted by Crippen LogP contribution is -2.27. The number of carboxylic acid groups (broad SMARTS) is 1. The van der Waals surface area contributed by atoms with Gasteiger partial charge in [-0.3, -0.25) is 4.79 Å². The molecule has 3 rings (SSSR count). The van der Waals surface area contributed by atoms with Crippen LogP contribution in [-0.2, 0) is 16.7 Å². The van der Waals surface area contributed by atoms with Gasteiger partial charge in [0.2, 0.25) is 0 Å². The van der Waals surface area contributed by atoms with E-state index in [1.54, 1.807) is 25.6 Å². The topological polar surface area (TPSA) is 63.1 Å². The summed E-state index contributed by atoms with van der Waals surface area (Å²) >= 11 is 4.09. The molecule has 1 N–H and O–H groups in total. The van der Waals surface area contributed by atoms with Crippen molar-refractivity contribution >= 4 is 41.0 Å². The van der Waals surface area contributed by atoms with Gasteiger partial charge in [0.25, 0.3) is 0 Å². The van der Waals surface area contributed by atoms with E-state index in [0.717, 1.165) is 32.5 Å². The van der Waals surface area contributed by atoms with Gasteiger partial charge in [-0.05, 0) is 68.2 Å². The van der Waals surface area contributed by atoms with Gasteiger partial charge in [0.15, 0.2) is 5.82 Å². The molecule has 4 nitrogen and oxygen atoms in total. The molecule has 3 aromatic rings. The van der Waals surface area contributed by atoms with Crippen molar-refractivity contribution < 1.29 is 23.1 Å². The second-order valence-electron chi connectivity index (χ2n) is 7.22. The van der Waals surface area contributed by atoms with Crippen LogP contribution in [0.15, 0.2) is 52.3 Å². The Balaban J connectivity index is 1.64. The van der Waals surface area contributed by atoms with Gasteiger partial charge in [0.05, 0.1) is 11.3 Å². The predicted octanol–water partition coefficient (Wildman–Crippen LogP) is 6.78. The maximum Gasteiger partial charge on any atom is 0.416 e. The van der Waals surface area contributed by atoms with Crippen molar-refractivity contribution in [1.29, 1.82) is 0 Å². The summed E-state index contributed by atoms with van der Waals surface area (Å²) < 4.78 is 41.4. The van der Waals surface area contributed by atoms with Crippen molar-refractivity contribution in [1.82, 2.24) is 9.36 Å². The molecule has 1 heterocycles. The summed E-state index contributed by atoms with van der Waals surface area (Å²) in [5.41, 5.74) is 0.830. The maximum atomic E-state index is 12.7. The summed E-state index contributed by atoms with van der Waals surface area (Å²) in [5, 5.41) is 10.1. The van der Waals surface area contributed by atoms with Crippen LogP contribution in [0, 0.1) is 6.92 Å². The Kier molecular flexibility index (Phi) is 7.02. The largest absolute Gasteiger partial charge is 0.480 e. The van der Waals surface area contributed by atoms with Crippen molar-refractivity contribution in [2.75, 3.05) is 0 Å². The number of rotatable bonds is 7. The van der Waals surface area contributed by atoms with Crippen LogP contribution in [0.1, 0.15) is 30.0 Å². The number of aliphatic carboxylic acids is 1. The molecule has 164 valence electrons. The number of aromatic nitrogens is 2. The van der Waals surface area contributed by atoms with Crippen LogP contribution in [0.5, 0.6) is 0 Å². The lowest BCUT2D eigenvalue weighted by Gasteiger charge is -2.19. The molecule has 0 spiro atoms. The lowest BCUT2D eigenvalue weighted by atomic mass is 10.1. The number of halogens is 3. The molecule has 0 unspecified atom stereocenters. The molecule has 0 amide bonds. The molecular formula is C21H19F3N2O2S3. The second-order valence-corrected chi connectivity index (χ2v) is 10.8. The van der Waals surface area contributed by atoms with E-state index in [4.69, 9.17) is 0 Å². The second kappa shape index (κ2) is 9.22. The van der Waals surface area contributed by atoms with Gasteiger partial charge in [-0.25, -0.2) is 4.98 Å². The SMILES string of the molecule is Cc1cc(SCc2nc(-c3ccc(C(F)(F)F)cc3)ns2)ccc1SC(C)(C)C(=O)O. The summed E-state index contributed by atoms with van der Waals surface area (Å²) in [6.07, 6.45) is -4.37. The third kappa shape index (κ3) is 6.02. The fourth-order valence-corrected chi connectivity index (χ4v) is 5.15. The van der Waals surface area contributed by atoms with Crippen LogP contribution in [0.25, 0.3) is 11.4 Å². The third-order valence-corrected chi connectivity index (χ3v) is 7.59. The first-order valence-corrected chi connectivity index (χ1v) is 11.7. The molecular weight excluding hydrogens is 465 g/mol. The van der Waals surface area contributed by atoms with Crippen LogP contribution in [-0.4, -0.2) is 25.2 Å². The predicted molar refractivity (Wildman–Crippen MR) is 119 cm³/mol. The molecule has 31 heavy (non-hydrogen) atoms. The zero-order chi connectivity index (χ0) is 22.8. The summed E-state index contributed by atoms with van der Waals surface area (Å²) in [4.78, 5) is 17.7. The summed E-state index contributed by atoms with van der Waals surface area (Å²) in [6.45, 7) is 5.29. The average molecular weight is 485 g/mol. The summed E-state index contributed by atoms with van der Waals surface area (Å²) in [7, 11) is 0. The first-order chi connectivity index (χ1) is 14.5. The Hall–Kier alpha value is -2.04. The van der Waals surface area contributed by atoms with Crippen LogP contribution in [0.2, 0.25) is 0 Å². The average Bonchev–Trinajstić information content (AvgIpc) is 3.16. The van der Waals surface area contributed by atoms with Crippen molar-refractivity contribution in [2.24, 2.45) is 0 Å². The third-order valence-electron chi connectivity index (χ3n) is 4.33. The number of hydrogen-bond acceptors (Lipinski definition) is 6. The lowest BCUT2D eigenvalue weighted by molar-refractivity contribution is -0.139.